The molecule has 13 heteroatoms. The fraction of sp³-hybridized carbons (Fsp3) is 0.565. The topological polar surface area (TPSA) is 165 Å². The highest BCUT2D eigenvalue weighted by Crippen LogP contribution is 2.52. The number of β-lactam (4-membered cyclic amide) rings is 1. The molecule has 3 aliphatic rings. The molecule has 0 bridgehead atoms. The first-order valence-electron chi connectivity index (χ1n) is 11.8. The van der Waals surface area contributed by atoms with Crippen molar-refractivity contribution in [2.75, 3.05) is 25.5 Å². The third-order valence-corrected chi connectivity index (χ3v) is 9.34. The molecule has 0 spiro atoms. The zero-order chi connectivity index (χ0) is 26.4. The molecule has 0 radical (unpaired) electrons. The minimum Gasteiger partial charge on any atom is -0.477 e. The summed E-state index contributed by atoms with van der Waals surface area (Å²) in [7, 11) is -2.03. The van der Waals surface area contributed by atoms with Gasteiger partial charge in [0.25, 0.3) is 10.2 Å². The monoisotopic (exact) mass is 539 g/mol. The molecule has 0 unspecified atom stereocenters. The Balaban J connectivity index is 1.56. The molecule has 0 aromatic heterocycles. The number of nitrogens with two attached hydrogens (primary N) is 1. The lowest BCUT2D eigenvalue weighted by molar-refractivity contribution is -0.163. The van der Waals surface area contributed by atoms with Crippen LogP contribution in [0.3, 0.4) is 0 Å². The predicted molar refractivity (Wildman–Crippen MR) is 137 cm³/mol. The lowest BCUT2D eigenvalue weighted by atomic mass is 9.79. The van der Waals surface area contributed by atoms with Crippen LogP contribution in [-0.2, 0) is 26.3 Å². The zero-order valence-corrected chi connectivity index (χ0v) is 22.1. The third-order valence-electron chi connectivity index (χ3n) is 7.27. The van der Waals surface area contributed by atoms with Gasteiger partial charge in [0, 0.05) is 54.5 Å². The van der Waals surface area contributed by atoms with Crippen LogP contribution in [0.1, 0.15) is 25.8 Å². The van der Waals surface area contributed by atoms with Crippen LogP contribution >= 0.6 is 11.8 Å². The Labute approximate surface area is 215 Å². The summed E-state index contributed by atoms with van der Waals surface area (Å²) in [6.07, 6.45) is -0.250. The van der Waals surface area contributed by atoms with Crippen molar-refractivity contribution in [3.63, 3.8) is 0 Å². The van der Waals surface area contributed by atoms with Crippen molar-refractivity contribution >= 4 is 39.5 Å². The number of para-hydroxylation sites is 1. The van der Waals surface area contributed by atoms with E-state index in [-0.39, 0.29) is 41.4 Å². The standard InChI is InChI=1S/C23H33N5O6S2/c1-12-19-18(13(2)29)22(30)28(19)20(23(31)32)21(12)35-16-8-15(9-26-36(24,33)34)27(11-16)10-14-6-4-5-7-17(14)25-3/h4-7,12-13,15-16,18-19,25-26,29H,8-11H2,1-3H3,(H,31,32)(H2,24,33,34)/t12-,13-,15+,16+,18-,19-/m1/s1. The second-order valence-electron chi connectivity index (χ2n) is 9.63. The summed E-state index contributed by atoms with van der Waals surface area (Å²) >= 11 is 1.44. The Kier molecular flexibility index (Phi) is 7.70. The third kappa shape index (κ3) is 5.13. The van der Waals surface area contributed by atoms with Gasteiger partial charge in [0.2, 0.25) is 5.91 Å². The number of aliphatic carboxylic acids is 1. The van der Waals surface area contributed by atoms with Crippen LogP contribution < -0.4 is 15.2 Å². The summed E-state index contributed by atoms with van der Waals surface area (Å²) in [5.74, 6) is -2.35. The second kappa shape index (κ2) is 10.3. The van der Waals surface area contributed by atoms with Gasteiger partial charge in [0.15, 0.2) is 0 Å². The average molecular weight is 540 g/mol. The van der Waals surface area contributed by atoms with Crippen LogP contribution in [0.15, 0.2) is 34.9 Å². The Morgan fingerprint density at radius 2 is 2.03 bits per heavy atom. The van der Waals surface area contributed by atoms with E-state index in [0.717, 1.165) is 11.3 Å². The maximum atomic E-state index is 12.6. The van der Waals surface area contributed by atoms with Crippen molar-refractivity contribution in [3.8, 4) is 0 Å². The van der Waals surface area contributed by atoms with Crippen LogP contribution in [0.25, 0.3) is 0 Å². The first-order chi connectivity index (χ1) is 16.9. The van der Waals surface area contributed by atoms with E-state index in [4.69, 9.17) is 5.14 Å². The number of aliphatic hydroxyl groups is 1. The smallest absolute Gasteiger partial charge is 0.353 e. The van der Waals surface area contributed by atoms with Gasteiger partial charge >= 0.3 is 5.97 Å². The molecule has 11 nitrogen and oxygen atoms in total. The Hall–Kier alpha value is -2.16. The molecule has 36 heavy (non-hydrogen) atoms. The molecule has 2 fully saturated rings. The summed E-state index contributed by atoms with van der Waals surface area (Å²) in [4.78, 5) is 28.9. The quantitative estimate of drug-likeness (QED) is 0.264. The molecule has 4 rings (SSSR count). The molecular formula is C23H33N5O6S2. The van der Waals surface area contributed by atoms with Crippen LogP contribution in [0.2, 0.25) is 0 Å². The Bertz CT molecular complexity index is 1170. The minimum atomic E-state index is -3.87. The largest absolute Gasteiger partial charge is 0.477 e. The summed E-state index contributed by atoms with van der Waals surface area (Å²) in [6.45, 7) is 4.76. The van der Waals surface area contributed by atoms with Gasteiger partial charge < -0.3 is 20.4 Å². The van der Waals surface area contributed by atoms with Crippen LogP contribution in [0.5, 0.6) is 0 Å². The fourth-order valence-electron chi connectivity index (χ4n) is 5.62. The zero-order valence-electron chi connectivity index (χ0n) is 20.4. The number of carboxylic acids is 1. The van der Waals surface area contributed by atoms with Crippen LogP contribution in [0, 0.1) is 11.8 Å². The van der Waals surface area contributed by atoms with Gasteiger partial charge in [-0.2, -0.15) is 8.42 Å². The van der Waals surface area contributed by atoms with Gasteiger partial charge in [-0.3, -0.25) is 9.69 Å². The van der Waals surface area contributed by atoms with Crippen molar-refractivity contribution in [2.45, 2.75) is 50.3 Å². The normalized spacial score (nSPS) is 29.3. The summed E-state index contributed by atoms with van der Waals surface area (Å²) < 4.78 is 25.5. The van der Waals surface area contributed by atoms with Crippen LogP contribution in [-0.4, -0.2) is 83.9 Å². The van der Waals surface area contributed by atoms with Crippen LogP contribution in [0.4, 0.5) is 5.69 Å². The number of carbonyl (C=O) groups is 2. The summed E-state index contributed by atoms with van der Waals surface area (Å²) in [6, 6.07) is 7.34. The molecular weight excluding hydrogens is 506 g/mol. The molecule has 3 heterocycles. The Morgan fingerprint density at radius 1 is 1.33 bits per heavy atom. The molecule has 198 valence electrons. The second-order valence-corrected chi connectivity index (χ2v) is 12.4. The minimum absolute atomic E-state index is 0.00223. The van der Waals surface area contributed by atoms with Gasteiger partial charge in [-0.15, -0.1) is 11.8 Å². The van der Waals surface area contributed by atoms with Gasteiger partial charge in [-0.25, -0.2) is 14.7 Å². The van der Waals surface area contributed by atoms with E-state index in [0.29, 0.717) is 24.4 Å². The molecule has 2 saturated heterocycles. The molecule has 6 N–H and O–H groups in total. The van der Waals surface area contributed by atoms with E-state index in [9.17, 15) is 28.2 Å². The average Bonchev–Trinajstić information content (AvgIpc) is 3.28. The number of carbonyl (C=O) groups excluding carboxylic acids is 1. The number of nitrogens with one attached hydrogen (secondary N) is 2. The summed E-state index contributed by atoms with van der Waals surface area (Å²) in [5, 5.41) is 28.3. The number of fused-ring (bicyclic) bond motifs is 1. The lowest BCUT2D eigenvalue weighted by Gasteiger charge is -2.46. The Morgan fingerprint density at radius 3 is 2.64 bits per heavy atom. The molecule has 0 aliphatic carbocycles. The molecule has 6 atom stereocenters. The number of likely N-dealkylation sites (tertiary alicyclic amines) is 1. The number of rotatable bonds is 10. The molecule has 1 amide bonds. The van der Waals surface area contributed by atoms with Crippen molar-refractivity contribution in [1.29, 1.82) is 0 Å². The maximum Gasteiger partial charge on any atom is 0.353 e. The molecule has 1 aromatic rings. The van der Waals surface area contributed by atoms with E-state index < -0.39 is 28.2 Å². The summed E-state index contributed by atoms with van der Waals surface area (Å²) in [5.41, 5.74) is 2.03. The van der Waals surface area contributed by atoms with E-state index in [2.05, 4.69) is 14.9 Å². The number of aliphatic hydroxyl groups excluding tert-OH is 1. The fourth-order valence-corrected chi connectivity index (χ4v) is 7.64. The van der Waals surface area contributed by atoms with Gasteiger partial charge in [0.05, 0.1) is 18.1 Å². The molecule has 1 aromatic carbocycles. The number of hydrogen-bond acceptors (Lipinski definition) is 8. The van der Waals surface area contributed by atoms with Crippen molar-refractivity contribution in [1.82, 2.24) is 14.5 Å². The highest BCUT2D eigenvalue weighted by Gasteiger charge is 2.60. The number of amides is 1. The van der Waals surface area contributed by atoms with E-state index in [1.165, 1.54) is 16.7 Å². The van der Waals surface area contributed by atoms with Gasteiger partial charge in [-0.1, -0.05) is 25.1 Å². The van der Waals surface area contributed by atoms with Crippen molar-refractivity contribution < 1.29 is 28.2 Å². The highest BCUT2D eigenvalue weighted by molar-refractivity contribution is 8.03. The SMILES string of the molecule is CNc1ccccc1CN1C[C@@H](SC2=C(C(=O)O)N3C(=O)[C@H]([C@@H](C)O)[C@H]3[C@H]2C)C[C@H]1CNS(N)(=O)=O. The molecule has 3 aliphatic heterocycles. The van der Waals surface area contributed by atoms with Crippen molar-refractivity contribution in [3.05, 3.63) is 40.4 Å². The number of anilines is 1. The predicted octanol–water partition coefficient (Wildman–Crippen LogP) is 0.351. The first kappa shape index (κ1) is 26.9. The number of thioether (sulfide) groups is 1. The highest BCUT2D eigenvalue weighted by atomic mass is 32.2. The molecule has 0 saturated carbocycles. The first-order valence-corrected chi connectivity index (χ1v) is 14.3. The van der Waals surface area contributed by atoms with Gasteiger partial charge in [-0.05, 0) is 25.0 Å². The van der Waals surface area contributed by atoms with Gasteiger partial charge in [0.1, 0.15) is 5.70 Å². The van der Waals surface area contributed by atoms with E-state index in [1.807, 2.05) is 38.2 Å². The van der Waals surface area contributed by atoms with Crippen molar-refractivity contribution in [2.24, 2.45) is 17.0 Å². The van der Waals surface area contributed by atoms with E-state index in [1.54, 1.807) is 6.92 Å². The number of carboxylic acid groups (broad SMARTS) is 1. The van der Waals surface area contributed by atoms with E-state index >= 15 is 0 Å². The lowest BCUT2D eigenvalue weighted by Crippen LogP contribution is -2.63. The number of benzene rings is 1. The number of nitrogens with zero attached hydrogens (tertiary/aromatic N) is 2. The number of hydrogen-bond donors (Lipinski definition) is 5. The maximum absolute atomic E-state index is 12.6.